The molecule has 0 aliphatic heterocycles. The molecular weight excluding hydrogens is 222 g/mol. The molecule has 90 valence electrons. The second kappa shape index (κ2) is 5.72. The van der Waals surface area contributed by atoms with E-state index in [1.807, 2.05) is 6.07 Å². The Labute approximate surface area is 98.6 Å². The largest absolute Gasteiger partial charge is 0.497 e. The van der Waals surface area contributed by atoms with Gasteiger partial charge >= 0.3 is 0 Å². The van der Waals surface area contributed by atoms with Crippen LogP contribution in [0.5, 0.6) is 5.75 Å². The number of nitrogens with one attached hydrogen (secondary N) is 1. The molecule has 1 amide bonds. The third-order valence-corrected chi connectivity index (χ3v) is 2.16. The van der Waals surface area contributed by atoms with Gasteiger partial charge in [-0.1, -0.05) is 0 Å². The maximum absolute atomic E-state index is 10.6. The summed E-state index contributed by atoms with van der Waals surface area (Å²) in [5.74, 6) is -0.251. The molecule has 17 heavy (non-hydrogen) atoms. The number of primary amides is 1. The average molecular weight is 235 g/mol. The summed E-state index contributed by atoms with van der Waals surface area (Å²) >= 11 is 0. The van der Waals surface area contributed by atoms with Crippen molar-refractivity contribution in [2.75, 3.05) is 19.0 Å². The number of amides is 1. The first-order valence-electron chi connectivity index (χ1n) is 4.88. The van der Waals surface area contributed by atoms with Crippen molar-refractivity contribution in [1.82, 2.24) is 0 Å². The number of aliphatic hydroxyl groups excluding tert-OH is 1. The molecular formula is C11H13N3O3. The summed E-state index contributed by atoms with van der Waals surface area (Å²) in [6.45, 7) is -0.0584. The van der Waals surface area contributed by atoms with E-state index < -0.39 is 12.0 Å². The fourth-order valence-corrected chi connectivity index (χ4v) is 1.20. The summed E-state index contributed by atoms with van der Waals surface area (Å²) in [6, 6.07) is 6.82. The van der Waals surface area contributed by atoms with E-state index in [2.05, 4.69) is 5.32 Å². The van der Waals surface area contributed by atoms with E-state index in [1.54, 1.807) is 18.2 Å². The zero-order valence-electron chi connectivity index (χ0n) is 9.30. The summed E-state index contributed by atoms with van der Waals surface area (Å²) < 4.78 is 5.01. The number of anilines is 1. The summed E-state index contributed by atoms with van der Waals surface area (Å²) in [4.78, 5) is 10.6. The van der Waals surface area contributed by atoms with Crippen molar-refractivity contribution in [3.05, 3.63) is 23.8 Å². The first-order chi connectivity index (χ1) is 8.08. The number of rotatable bonds is 5. The van der Waals surface area contributed by atoms with Gasteiger partial charge in [0.1, 0.15) is 17.9 Å². The van der Waals surface area contributed by atoms with E-state index in [0.29, 0.717) is 17.0 Å². The van der Waals surface area contributed by atoms with Crippen LogP contribution in [-0.4, -0.2) is 30.8 Å². The van der Waals surface area contributed by atoms with Crippen LogP contribution in [0.3, 0.4) is 0 Å². The number of hydrogen-bond acceptors (Lipinski definition) is 5. The number of nitriles is 1. The molecule has 0 saturated carbocycles. The van der Waals surface area contributed by atoms with Gasteiger partial charge in [0.25, 0.3) is 0 Å². The van der Waals surface area contributed by atoms with Crippen molar-refractivity contribution in [2.24, 2.45) is 5.73 Å². The van der Waals surface area contributed by atoms with Gasteiger partial charge in [-0.25, -0.2) is 0 Å². The van der Waals surface area contributed by atoms with Gasteiger partial charge in [-0.15, -0.1) is 0 Å². The van der Waals surface area contributed by atoms with Gasteiger partial charge in [-0.05, 0) is 12.1 Å². The van der Waals surface area contributed by atoms with Gasteiger partial charge in [0.15, 0.2) is 0 Å². The Hall–Kier alpha value is -2.26. The summed E-state index contributed by atoms with van der Waals surface area (Å²) in [5.41, 5.74) is 5.78. The van der Waals surface area contributed by atoms with Gasteiger partial charge in [0.2, 0.25) is 5.91 Å². The third kappa shape index (κ3) is 3.36. The van der Waals surface area contributed by atoms with Crippen LogP contribution in [0, 0.1) is 11.3 Å². The Morgan fingerprint density at radius 3 is 2.94 bits per heavy atom. The number of aliphatic hydroxyl groups is 1. The van der Waals surface area contributed by atoms with Crippen LogP contribution in [0.1, 0.15) is 5.56 Å². The summed E-state index contributed by atoms with van der Waals surface area (Å²) in [6.07, 6.45) is -1.30. The fourth-order valence-electron chi connectivity index (χ4n) is 1.20. The maximum atomic E-state index is 10.6. The lowest BCUT2D eigenvalue weighted by atomic mass is 10.2. The zero-order chi connectivity index (χ0) is 12.8. The lowest BCUT2D eigenvalue weighted by Crippen LogP contribution is -2.34. The monoisotopic (exact) mass is 235 g/mol. The van der Waals surface area contributed by atoms with Crippen molar-refractivity contribution in [3.63, 3.8) is 0 Å². The van der Waals surface area contributed by atoms with Crippen molar-refractivity contribution in [3.8, 4) is 11.8 Å². The molecule has 0 bridgehead atoms. The molecule has 1 rings (SSSR count). The first-order valence-corrected chi connectivity index (χ1v) is 4.88. The van der Waals surface area contributed by atoms with Crippen molar-refractivity contribution in [1.29, 1.82) is 5.26 Å². The molecule has 0 aliphatic rings. The standard InChI is InChI=1S/C11H13N3O3/c1-17-8-3-2-7(5-12)9(4-8)14-6-10(15)11(13)16/h2-4,10,14-15H,6H2,1H3,(H2,13,16). The topological polar surface area (TPSA) is 108 Å². The average Bonchev–Trinajstić information content (AvgIpc) is 2.35. The number of nitrogens with zero attached hydrogens (tertiary/aromatic N) is 1. The molecule has 0 saturated heterocycles. The minimum atomic E-state index is -1.30. The Balaban J connectivity index is 2.82. The molecule has 1 aromatic rings. The number of nitrogens with two attached hydrogens (primary N) is 1. The highest BCUT2D eigenvalue weighted by atomic mass is 16.5. The van der Waals surface area contributed by atoms with E-state index in [0.717, 1.165) is 0 Å². The van der Waals surface area contributed by atoms with Crippen LogP contribution in [-0.2, 0) is 4.79 Å². The molecule has 0 heterocycles. The summed E-state index contributed by atoms with van der Waals surface area (Å²) in [7, 11) is 1.50. The number of hydrogen-bond donors (Lipinski definition) is 3. The lowest BCUT2D eigenvalue weighted by Gasteiger charge is -2.12. The van der Waals surface area contributed by atoms with Crippen LogP contribution in [0.2, 0.25) is 0 Å². The molecule has 6 heteroatoms. The Morgan fingerprint density at radius 1 is 1.71 bits per heavy atom. The van der Waals surface area contributed by atoms with Gasteiger partial charge in [-0.3, -0.25) is 4.79 Å². The number of carbonyl (C=O) groups excluding carboxylic acids is 1. The minimum Gasteiger partial charge on any atom is -0.497 e. The van der Waals surface area contributed by atoms with Crippen LogP contribution in [0.4, 0.5) is 5.69 Å². The number of ether oxygens (including phenoxy) is 1. The second-order valence-corrected chi connectivity index (χ2v) is 3.32. The smallest absolute Gasteiger partial charge is 0.248 e. The van der Waals surface area contributed by atoms with Crippen LogP contribution in [0.25, 0.3) is 0 Å². The first kappa shape index (κ1) is 12.8. The minimum absolute atomic E-state index is 0.0584. The molecule has 4 N–H and O–H groups in total. The molecule has 1 unspecified atom stereocenters. The van der Waals surface area contributed by atoms with Crippen molar-refractivity contribution >= 4 is 11.6 Å². The predicted molar refractivity (Wildman–Crippen MR) is 61.4 cm³/mol. The molecule has 0 radical (unpaired) electrons. The van der Waals surface area contributed by atoms with Crippen LogP contribution in [0.15, 0.2) is 18.2 Å². The van der Waals surface area contributed by atoms with Crippen LogP contribution >= 0.6 is 0 Å². The van der Waals surface area contributed by atoms with Gasteiger partial charge < -0.3 is 20.9 Å². The Morgan fingerprint density at radius 2 is 2.41 bits per heavy atom. The van der Waals surface area contributed by atoms with Crippen molar-refractivity contribution < 1.29 is 14.6 Å². The predicted octanol–water partition coefficient (Wildman–Crippen LogP) is -0.175. The molecule has 1 atom stereocenters. The number of carbonyl (C=O) groups is 1. The van der Waals surface area contributed by atoms with E-state index in [-0.39, 0.29) is 6.54 Å². The highest BCUT2D eigenvalue weighted by Gasteiger charge is 2.11. The third-order valence-electron chi connectivity index (χ3n) is 2.16. The second-order valence-electron chi connectivity index (χ2n) is 3.32. The molecule has 0 spiro atoms. The van der Waals surface area contributed by atoms with Gasteiger partial charge in [-0.2, -0.15) is 5.26 Å². The van der Waals surface area contributed by atoms with Gasteiger partial charge in [0.05, 0.1) is 18.4 Å². The zero-order valence-corrected chi connectivity index (χ0v) is 9.30. The molecule has 0 fully saturated rings. The number of benzene rings is 1. The van der Waals surface area contributed by atoms with E-state index in [9.17, 15) is 9.90 Å². The molecule has 6 nitrogen and oxygen atoms in total. The highest BCUT2D eigenvalue weighted by molar-refractivity contribution is 5.79. The van der Waals surface area contributed by atoms with Gasteiger partial charge in [0, 0.05) is 12.6 Å². The van der Waals surface area contributed by atoms with E-state index >= 15 is 0 Å². The normalized spacial score (nSPS) is 11.4. The van der Waals surface area contributed by atoms with Crippen LogP contribution < -0.4 is 15.8 Å². The summed E-state index contributed by atoms with van der Waals surface area (Å²) in [5, 5.41) is 20.9. The van der Waals surface area contributed by atoms with Crippen molar-refractivity contribution in [2.45, 2.75) is 6.10 Å². The maximum Gasteiger partial charge on any atom is 0.248 e. The van der Waals surface area contributed by atoms with E-state index in [4.69, 9.17) is 15.7 Å². The molecule has 0 aliphatic carbocycles. The fraction of sp³-hybridized carbons (Fsp3) is 0.273. The molecule has 1 aromatic carbocycles. The lowest BCUT2D eigenvalue weighted by molar-refractivity contribution is -0.125. The number of methoxy groups -OCH3 is 1. The quantitative estimate of drug-likeness (QED) is 0.656. The Bertz CT molecular complexity index is 454. The van der Waals surface area contributed by atoms with E-state index in [1.165, 1.54) is 7.11 Å². The highest BCUT2D eigenvalue weighted by Crippen LogP contribution is 2.21. The SMILES string of the molecule is COc1ccc(C#N)c(NCC(O)C(N)=O)c1. The molecule has 0 aromatic heterocycles. The Kier molecular flexibility index (Phi) is 4.31.